The van der Waals surface area contributed by atoms with Crippen molar-refractivity contribution in [2.24, 2.45) is 5.41 Å². The summed E-state index contributed by atoms with van der Waals surface area (Å²) >= 11 is 3.09. The van der Waals surface area contributed by atoms with E-state index in [0.717, 1.165) is 12.0 Å². The predicted molar refractivity (Wildman–Crippen MR) is 75.3 cm³/mol. The second-order valence-electron chi connectivity index (χ2n) is 5.97. The van der Waals surface area contributed by atoms with Gasteiger partial charge in [0.15, 0.2) is 0 Å². The molecule has 5 nitrogen and oxygen atoms in total. The molecule has 0 saturated carbocycles. The minimum Gasteiger partial charge on any atom is -0.468 e. The maximum Gasteiger partial charge on any atom is 0.413 e. The second-order valence-corrected chi connectivity index (χ2v) is 6.76. The Morgan fingerprint density at radius 2 is 1.95 bits per heavy atom. The number of nitrogens with zero attached hydrogens (tertiary/aromatic N) is 1. The molecule has 22 heavy (non-hydrogen) atoms. The van der Waals surface area contributed by atoms with Crippen LogP contribution in [-0.4, -0.2) is 53.8 Å². The van der Waals surface area contributed by atoms with Gasteiger partial charge >= 0.3 is 12.1 Å². The number of hydrogen-bond donors (Lipinski definition) is 0. The normalized spacial score (nSPS) is 26.5. The Labute approximate surface area is 135 Å². The SMILES string of the molecule is COC(=O)C1(C(F)(F)F)CC(OC(C)(C)C)N(CCBr)C1=O. The van der Waals surface area contributed by atoms with E-state index in [1.807, 2.05) is 0 Å². The molecule has 1 amide bonds. The number of amides is 1. The number of carbonyl (C=O) groups excluding carboxylic acids is 2. The van der Waals surface area contributed by atoms with Crippen LogP contribution in [0.15, 0.2) is 0 Å². The number of ether oxygens (including phenoxy) is 2. The quantitative estimate of drug-likeness (QED) is 0.421. The summed E-state index contributed by atoms with van der Waals surface area (Å²) in [5.74, 6) is -2.94. The van der Waals surface area contributed by atoms with Crippen molar-refractivity contribution >= 4 is 27.8 Å². The number of likely N-dealkylation sites (tertiary alicyclic amines) is 1. The van der Waals surface area contributed by atoms with Crippen LogP contribution in [0.1, 0.15) is 27.2 Å². The molecule has 0 aromatic rings. The number of rotatable bonds is 4. The lowest BCUT2D eigenvalue weighted by Crippen LogP contribution is -2.51. The Morgan fingerprint density at radius 1 is 1.41 bits per heavy atom. The predicted octanol–water partition coefficient (Wildman–Crippen LogP) is 2.48. The molecule has 9 heteroatoms. The monoisotopic (exact) mass is 389 g/mol. The van der Waals surface area contributed by atoms with Crippen LogP contribution in [0.3, 0.4) is 0 Å². The molecule has 1 heterocycles. The van der Waals surface area contributed by atoms with Gasteiger partial charge in [-0.2, -0.15) is 13.2 Å². The van der Waals surface area contributed by atoms with Crippen LogP contribution >= 0.6 is 15.9 Å². The van der Waals surface area contributed by atoms with Crippen LogP contribution < -0.4 is 0 Å². The molecule has 0 spiro atoms. The van der Waals surface area contributed by atoms with Gasteiger partial charge in [0, 0.05) is 18.3 Å². The van der Waals surface area contributed by atoms with Gasteiger partial charge in [-0.15, -0.1) is 0 Å². The lowest BCUT2D eigenvalue weighted by molar-refractivity contribution is -0.229. The molecule has 1 aliphatic rings. The molecular formula is C13H19BrF3NO4. The van der Waals surface area contributed by atoms with Crippen molar-refractivity contribution in [2.75, 3.05) is 19.0 Å². The molecule has 0 radical (unpaired) electrons. The van der Waals surface area contributed by atoms with Crippen LogP contribution in [0.5, 0.6) is 0 Å². The van der Waals surface area contributed by atoms with E-state index in [2.05, 4.69) is 20.7 Å². The molecule has 0 N–H and O–H groups in total. The molecule has 0 aromatic carbocycles. The van der Waals surface area contributed by atoms with E-state index >= 15 is 0 Å². The lowest BCUT2D eigenvalue weighted by Gasteiger charge is -2.30. The number of halogens is 4. The highest BCUT2D eigenvalue weighted by Crippen LogP contribution is 2.50. The first-order chi connectivity index (χ1) is 9.90. The van der Waals surface area contributed by atoms with Gasteiger partial charge in [0.25, 0.3) is 5.91 Å². The Morgan fingerprint density at radius 3 is 2.32 bits per heavy atom. The highest BCUT2D eigenvalue weighted by molar-refractivity contribution is 9.09. The van der Waals surface area contributed by atoms with Crippen molar-refractivity contribution < 1.29 is 32.2 Å². The molecule has 0 aliphatic carbocycles. The number of hydrogen-bond acceptors (Lipinski definition) is 4. The number of esters is 1. The average molecular weight is 390 g/mol. The van der Waals surface area contributed by atoms with Gasteiger partial charge < -0.3 is 14.4 Å². The minimum absolute atomic E-state index is 0.00555. The first kappa shape index (κ1) is 19.2. The molecular weight excluding hydrogens is 371 g/mol. The fourth-order valence-electron chi connectivity index (χ4n) is 2.38. The second kappa shape index (κ2) is 6.35. The number of carbonyl (C=O) groups is 2. The summed E-state index contributed by atoms with van der Waals surface area (Å²) in [5, 5.41) is 0.262. The van der Waals surface area contributed by atoms with Gasteiger partial charge in [-0.25, -0.2) is 0 Å². The molecule has 0 aromatic heterocycles. The standard InChI is InChI=1S/C13H19BrF3NO4/c1-11(2,3)22-8-7-12(10(20)21-4,13(15,16)17)9(19)18(8)6-5-14/h8H,5-7H2,1-4H3. The summed E-state index contributed by atoms with van der Waals surface area (Å²) in [4.78, 5) is 25.1. The molecule has 2 unspecified atom stereocenters. The zero-order valence-corrected chi connectivity index (χ0v) is 14.4. The minimum atomic E-state index is -5.06. The zero-order chi connectivity index (χ0) is 17.3. The third-order valence-corrected chi connectivity index (χ3v) is 3.64. The van der Waals surface area contributed by atoms with Gasteiger partial charge in [-0.05, 0) is 20.8 Å². The van der Waals surface area contributed by atoms with Crippen molar-refractivity contribution in [3.63, 3.8) is 0 Å². The third kappa shape index (κ3) is 3.40. The van der Waals surface area contributed by atoms with Gasteiger partial charge in [0.05, 0.1) is 12.7 Å². The van der Waals surface area contributed by atoms with Crippen LogP contribution in [0, 0.1) is 5.41 Å². The molecule has 1 fully saturated rings. The maximum absolute atomic E-state index is 13.5. The van der Waals surface area contributed by atoms with Crippen LogP contribution in [0.4, 0.5) is 13.2 Å². The van der Waals surface area contributed by atoms with E-state index in [-0.39, 0.29) is 11.9 Å². The summed E-state index contributed by atoms with van der Waals surface area (Å²) in [6.45, 7) is 4.98. The van der Waals surface area contributed by atoms with E-state index in [1.165, 1.54) is 0 Å². The Kier molecular flexibility index (Phi) is 5.55. The van der Waals surface area contributed by atoms with Crippen molar-refractivity contribution in [3.8, 4) is 0 Å². The summed E-state index contributed by atoms with van der Waals surface area (Å²) < 4.78 is 50.3. The largest absolute Gasteiger partial charge is 0.468 e. The zero-order valence-electron chi connectivity index (χ0n) is 12.8. The summed E-state index contributed by atoms with van der Waals surface area (Å²) in [6.07, 6.45) is -7.02. The summed E-state index contributed by atoms with van der Waals surface area (Å²) in [5.41, 5.74) is -3.98. The molecule has 1 rings (SSSR count). The molecule has 128 valence electrons. The van der Waals surface area contributed by atoms with E-state index in [9.17, 15) is 22.8 Å². The number of methoxy groups -OCH3 is 1. The topological polar surface area (TPSA) is 55.8 Å². The van der Waals surface area contributed by atoms with Crippen molar-refractivity contribution in [1.82, 2.24) is 4.90 Å². The molecule has 2 atom stereocenters. The highest BCUT2D eigenvalue weighted by atomic mass is 79.9. The molecule has 1 aliphatic heterocycles. The van der Waals surface area contributed by atoms with Crippen molar-refractivity contribution in [1.29, 1.82) is 0 Å². The molecule has 0 bridgehead atoms. The van der Waals surface area contributed by atoms with Crippen molar-refractivity contribution in [3.05, 3.63) is 0 Å². The average Bonchev–Trinajstić information content (AvgIpc) is 2.62. The fourth-order valence-corrected chi connectivity index (χ4v) is 2.77. The summed E-state index contributed by atoms with van der Waals surface area (Å²) in [6, 6.07) is 0. The van der Waals surface area contributed by atoms with Gasteiger partial charge in [0.1, 0.15) is 6.23 Å². The smallest absolute Gasteiger partial charge is 0.413 e. The van der Waals surface area contributed by atoms with Gasteiger partial charge in [-0.3, -0.25) is 9.59 Å². The van der Waals surface area contributed by atoms with E-state index in [0.29, 0.717) is 0 Å². The van der Waals surface area contributed by atoms with E-state index in [1.54, 1.807) is 20.8 Å². The summed E-state index contributed by atoms with van der Waals surface area (Å²) in [7, 11) is 0.829. The number of alkyl halides is 4. The van der Waals surface area contributed by atoms with E-state index in [4.69, 9.17) is 4.74 Å². The first-order valence-electron chi connectivity index (χ1n) is 6.60. The highest BCUT2D eigenvalue weighted by Gasteiger charge is 2.72. The fraction of sp³-hybridized carbons (Fsp3) is 0.846. The van der Waals surface area contributed by atoms with Gasteiger partial charge in [0.2, 0.25) is 5.41 Å². The first-order valence-corrected chi connectivity index (χ1v) is 7.73. The van der Waals surface area contributed by atoms with Crippen LogP contribution in [-0.2, 0) is 19.1 Å². The Balaban J connectivity index is 3.31. The Bertz CT molecular complexity index is 450. The van der Waals surface area contributed by atoms with Crippen LogP contribution in [0.2, 0.25) is 0 Å². The Hall–Kier alpha value is -0.830. The van der Waals surface area contributed by atoms with Crippen LogP contribution in [0.25, 0.3) is 0 Å². The van der Waals surface area contributed by atoms with Gasteiger partial charge in [-0.1, -0.05) is 15.9 Å². The molecule has 1 saturated heterocycles. The third-order valence-electron chi connectivity index (χ3n) is 3.29. The van der Waals surface area contributed by atoms with Crippen molar-refractivity contribution in [2.45, 2.75) is 45.2 Å². The van der Waals surface area contributed by atoms with E-state index < -0.39 is 41.7 Å². The lowest BCUT2D eigenvalue weighted by atomic mass is 9.85. The maximum atomic E-state index is 13.5.